The van der Waals surface area contributed by atoms with Crippen LogP contribution < -0.4 is 0 Å². The Balaban J connectivity index is 1.61. The van der Waals surface area contributed by atoms with E-state index >= 15 is 0 Å². The number of hydrogen-bond acceptors (Lipinski definition) is 2. The molecule has 0 aliphatic carbocycles. The van der Waals surface area contributed by atoms with Crippen molar-refractivity contribution in [2.45, 2.75) is 25.6 Å². The van der Waals surface area contributed by atoms with Gasteiger partial charge in [-0.25, -0.2) is 0 Å². The lowest BCUT2D eigenvalue weighted by atomic mass is 10.1. The Morgan fingerprint density at radius 1 is 1.17 bits per heavy atom. The smallest absolute Gasteiger partial charge is 0.255 e. The number of ether oxygens (including phenoxy) is 1. The van der Waals surface area contributed by atoms with Crippen molar-refractivity contribution in [1.82, 2.24) is 4.90 Å². The molecule has 1 saturated heterocycles. The molecule has 1 heterocycles. The molecular formula is C19H19Cl2NO2. The molecule has 24 heavy (non-hydrogen) atoms. The molecule has 3 nitrogen and oxygen atoms in total. The first-order chi connectivity index (χ1) is 11.6. The van der Waals surface area contributed by atoms with Crippen LogP contribution in [0, 0.1) is 0 Å². The van der Waals surface area contributed by atoms with Crippen LogP contribution in [-0.2, 0) is 11.3 Å². The summed E-state index contributed by atoms with van der Waals surface area (Å²) in [6, 6.07) is 15.0. The van der Waals surface area contributed by atoms with Gasteiger partial charge in [0.15, 0.2) is 0 Å². The van der Waals surface area contributed by atoms with Crippen LogP contribution in [0.15, 0.2) is 48.5 Å². The molecule has 2 aromatic rings. The first kappa shape index (κ1) is 17.3. The van der Waals surface area contributed by atoms with Crippen LogP contribution in [0.1, 0.15) is 28.8 Å². The number of hydrogen-bond donors (Lipinski definition) is 0. The minimum Gasteiger partial charge on any atom is -0.372 e. The Morgan fingerprint density at radius 3 is 2.71 bits per heavy atom. The third kappa shape index (κ3) is 4.29. The highest BCUT2D eigenvalue weighted by atomic mass is 35.5. The molecule has 1 aliphatic rings. The number of carbonyl (C=O) groups is 1. The first-order valence-electron chi connectivity index (χ1n) is 8.03. The van der Waals surface area contributed by atoms with Gasteiger partial charge in [-0.2, -0.15) is 0 Å². The summed E-state index contributed by atoms with van der Waals surface area (Å²) >= 11 is 12.1. The van der Waals surface area contributed by atoms with Crippen molar-refractivity contribution in [3.8, 4) is 0 Å². The van der Waals surface area contributed by atoms with Gasteiger partial charge in [0.2, 0.25) is 0 Å². The van der Waals surface area contributed by atoms with Crippen molar-refractivity contribution in [3.05, 3.63) is 69.7 Å². The van der Waals surface area contributed by atoms with E-state index in [1.165, 1.54) is 0 Å². The standard InChI is InChI=1S/C19H19Cl2NO2/c20-15-8-9-17(18(21)11-15)19(23)22-10-4-7-16(12-22)24-13-14-5-2-1-3-6-14/h1-3,5-6,8-9,11,16H,4,7,10,12-13H2/t16-/m0/s1. The number of halogens is 2. The molecular weight excluding hydrogens is 345 g/mol. The number of rotatable bonds is 4. The van der Waals surface area contributed by atoms with E-state index in [2.05, 4.69) is 0 Å². The molecule has 0 spiro atoms. The molecule has 3 rings (SSSR count). The molecule has 0 saturated carbocycles. The summed E-state index contributed by atoms with van der Waals surface area (Å²) in [5.74, 6) is -0.0651. The van der Waals surface area contributed by atoms with Crippen LogP contribution in [-0.4, -0.2) is 30.0 Å². The van der Waals surface area contributed by atoms with Crippen molar-refractivity contribution in [3.63, 3.8) is 0 Å². The van der Waals surface area contributed by atoms with E-state index in [4.69, 9.17) is 27.9 Å². The summed E-state index contributed by atoms with van der Waals surface area (Å²) in [5, 5.41) is 0.916. The first-order valence-corrected chi connectivity index (χ1v) is 8.79. The minimum atomic E-state index is -0.0651. The van der Waals surface area contributed by atoms with Gasteiger partial charge in [0, 0.05) is 18.1 Å². The molecule has 2 aromatic carbocycles. The summed E-state index contributed by atoms with van der Waals surface area (Å²) in [5.41, 5.74) is 1.63. The fraction of sp³-hybridized carbons (Fsp3) is 0.316. The van der Waals surface area contributed by atoms with E-state index in [1.807, 2.05) is 35.2 Å². The Morgan fingerprint density at radius 2 is 1.96 bits per heavy atom. The molecule has 126 valence electrons. The van der Waals surface area contributed by atoms with Crippen molar-refractivity contribution in [1.29, 1.82) is 0 Å². The quantitative estimate of drug-likeness (QED) is 0.779. The Labute approximate surface area is 152 Å². The van der Waals surface area contributed by atoms with Crippen molar-refractivity contribution in [2.24, 2.45) is 0 Å². The number of benzene rings is 2. The fourth-order valence-electron chi connectivity index (χ4n) is 2.88. The maximum atomic E-state index is 12.7. The van der Waals surface area contributed by atoms with Crippen LogP contribution in [0.3, 0.4) is 0 Å². The maximum Gasteiger partial charge on any atom is 0.255 e. The molecule has 1 atom stereocenters. The second-order valence-electron chi connectivity index (χ2n) is 5.94. The molecule has 1 amide bonds. The highest BCUT2D eigenvalue weighted by Gasteiger charge is 2.26. The van der Waals surface area contributed by atoms with Crippen LogP contribution >= 0.6 is 23.2 Å². The average Bonchev–Trinajstić information content (AvgIpc) is 2.61. The third-order valence-electron chi connectivity index (χ3n) is 4.16. The number of amides is 1. The van der Waals surface area contributed by atoms with E-state index in [1.54, 1.807) is 18.2 Å². The number of piperidine rings is 1. The van der Waals surface area contributed by atoms with Crippen LogP contribution in [0.5, 0.6) is 0 Å². The van der Waals surface area contributed by atoms with Gasteiger partial charge in [0.25, 0.3) is 5.91 Å². The van der Waals surface area contributed by atoms with Gasteiger partial charge in [-0.3, -0.25) is 4.79 Å². The summed E-state index contributed by atoms with van der Waals surface area (Å²) in [6.45, 7) is 1.88. The minimum absolute atomic E-state index is 0.0500. The largest absolute Gasteiger partial charge is 0.372 e. The molecule has 0 radical (unpaired) electrons. The summed E-state index contributed by atoms with van der Waals surface area (Å²) < 4.78 is 5.99. The lowest BCUT2D eigenvalue weighted by molar-refractivity contribution is -0.00672. The molecule has 0 bridgehead atoms. The molecule has 1 fully saturated rings. The van der Waals surface area contributed by atoms with E-state index in [9.17, 15) is 4.79 Å². The normalized spacial score (nSPS) is 17.8. The van der Waals surface area contributed by atoms with Gasteiger partial charge in [-0.15, -0.1) is 0 Å². The SMILES string of the molecule is O=C(c1ccc(Cl)cc1Cl)N1CCC[C@H](OCc2ccccc2)C1. The topological polar surface area (TPSA) is 29.5 Å². The Bertz CT molecular complexity index is 706. The van der Waals surface area contributed by atoms with Gasteiger partial charge < -0.3 is 9.64 Å². The van der Waals surface area contributed by atoms with Crippen LogP contribution in [0.2, 0.25) is 10.0 Å². The second-order valence-corrected chi connectivity index (χ2v) is 6.78. The lowest BCUT2D eigenvalue weighted by Crippen LogP contribution is -2.43. The van der Waals surface area contributed by atoms with Gasteiger partial charge in [0.1, 0.15) is 0 Å². The average molecular weight is 364 g/mol. The Kier molecular flexibility index (Phi) is 5.77. The summed E-state index contributed by atoms with van der Waals surface area (Å²) in [7, 11) is 0. The second kappa shape index (κ2) is 8.02. The van der Waals surface area contributed by atoms with E-state index in [-0.39, 0.29) is 12.0 Å². The van der Waals surface area contributed by atoms with Crippen molar-refractivity contribution < 1.29 is 9.53 Å². The van der Waals surface area contributed by atoms with Crippen molar-refractivity contribution >= 4 is 29.1 Å². The van der Waals surface area contributed by atoms with Crippen molar-refractivity contribution in [2.75, 3.05) is 13.1 Å². The highest BCUT2D eigenvalue weighted by Crippen LogP contribution is 2.24. The molecule has 0 N–H and O–H groups in total. The molecule has 0 aromatic heterocycles. The van der Waals surface area contributed by atoms with E-state index < -0.39 is 0 Å². The fourth-order valence-corrected chi connectivity index (χ4v) is 3.37. The Hall–Kier alpha value is -1.55. The van der Waals surface area contributed by atoms with Crippen LogP contribution in [0.4, 0.5) is 0 Å². The number of nitrogens with zero attached hydrogens (tertiary/aromatic N) is 1. The van der Waals surface area contributed by atoms with Gasteiger partial charge in [0.05, 0.1) is 23.3 Å². The van der Waals surface area contributed by atoms with E-state index in [0.717, 1.165) is 24.9 Å². The zero-order chi connectivity index (χ0) is 16.9. The zero-order valence-corrected chi connectivity index (χ0v) is 14.8. The maximum absolute atomic E-state index is 12.7. The zero-order valence-electron chi connectivity index (χ0n) is 13.3. The number of likely N-dealkylation sites (tertiary alicyclic amines) is 1. The van der Waals surface area contributed by atoms with E-state index in [0.29, 0.717) is 28.8 Å². The lowest BCUT2D eigenvalue weighted by Gasteiger charge is -2.33. The summed E-state index contributed by atoms with van der Waals surface area (Å²) in [6.07, 6.45) is 1.94. The highest BCUT2D eigenvalue weighted by molar-refractivity contribution is 6.36. The van der Waals surface area contributed by atoms with Gasteiger partial charge in [-0.05, 0) is 36.6 Å². The summed E-state index contributed by atoms with van der Waals surface area (Å²) in [4.78, 5) is 14.5. The molecule has 0 unspecified atom stereocenters. The molecule has 5 heteroatoms. The predicted octanol–water partition coefficient (Wildman–Crippen LogP) is 4.81. The predicted molar refractivity (Wildman–Crippen MR) is 96.6 cm³/mol. The monoisotopic (exact) mass is 363 g/mol. The van der Waals surface area contributed by atoms with Gasteiger partial charge in [-0.1, -0.05) is 53.5 Å². The van der Waals surface area contributed by atoms with Crippen LogP contribution in [0.25, 0.3) is 0 Å². The number of carbonyl (C=O) groups excluding carboxylic acids is 1. The molecule has 1 aliphatic heterocycles. The van der Waals surface area contributed by atoms with Gasteiger partial charge >= 0.3 is 0 Å². The third-order valence-corrected chi connectivity index (χ3v) is 4.70.